The first-order chi connectivity index (χ1) is 6.59. The highest BCUT2D eigenvalue weighted by Crippen LogP contribution is 2.27. The quantitative estimate of drug-likeness (QED) is 0.537. The molecule has 0 aromatic heterocycles. The maximum absolute atomic E-state index is 11.0. The van der Waals surface area contributed by atoms with Crippen LogP contribution < -0.4 is 4.97 Å². The lowest BCUT2D eigenvalue weighted by molar-refractivity contribution is -0.251. The van der Waals surface area contributed by atoms with Crippen molar-refractivity contribution in [3.8, 4) is 0 Å². The minimum Gasteiger partial charge on any atom is -0.559 e. The van der Waals surface area contributed by atoms with Crippen molar-refractivity contribution in [1.82, 2.24) is 4.97 Å². The van der Waals surface area contributed by atoms with Crippen LogP contribution >= 0.6 is 0 Å². The molecule has 4 nitrogen and oxygen atoms in total. The van der Waals surface area contributed by atoms with Crippen molar-refractivity contribution in [1.29, 1.82) is 0 Å². The van der Waals surface area contributed by atoms with E-state index in [-0.39, 0.29) is 5.69 Å². The second-order valence-electron chi connectivity index (χ2n) is 3.04. The number of benzene rings is 2. The van der Waals surface area contributed by atoms with Gasteiger partial charge in [-0.05, 0) is 16.4 Å². The molecule has 2 aromatic carbocycles. The minimum atomic E-state index is -2.39. The summed E-state index contributed by atoms with van der Waals surface area (Å²) >= 11 is 0. The van der Waals surface area contributed by atoms with Crippen LogP contribution in [0.25, 0.3) is 10.8 Å². The van der Waals surface area contributed by atoms with Crippen LogP contribution in [-0.2, 0) is 0 Å². The molecule has 0 aliphatic rings. The summed E-state index contributed by atoms with van der Waals surface area (Å²) in [5.74, 6) is 0. The Bertz CT molecular complexity index is 457. The molecule has 0 unspecified atom stereocenters. The highest BCUT2D eigenvalue weighted by Gasteiger charge is 2.17. The van der Waals surface area contributed by atoms with Crippen molar-refractivity contribution < 1.29 is 10.4 Å². The second kappa shape index (κ2) is 3.04. The largest absolute Gasteiger partial charge is 0.559 e. The second-order valence-corrected chi connectivity index (χ2v) is 3.04. The van der Waals surface area contributed by atoms with Gasteiger partial charge in [0, 0.05) is 11.5 Å². The first-order valence-corrected chi connectivity index (χ1v) is 4.13. The third kappa shape index (κ3) is 1.47. The van der Waals surface area contributed by atoms with Crippen LogP contribution in [0.4, 0.5) is 5.69 Å². The van der Waals surface area contributed by atoms with Crippen molar-refractivity contribution >= 4 is 16.5 Å². The van der Waals surface area contributed by atoms with Gasteiger partial charge >= 0.3 is 0 Å². The molecule has 2 N–H and O–H groups in total. The molecule has 72 valence electrons. The van der Waals surface area contributed by atoms with Crippen LogP contribution in [0.5, 0.6) is 0 Å². The molecule has 0 saturated carbocycles. The molecule has 0 spiro atoms. The summed E-state index contributed by atoms with van der Waals surface area (Å²) in [6.45, 7) is 0. The van der Waals surface area contributed by atoms with Gasteiger partial charge in [0.1, 0.15) is 0 Å². The standard InChI is InChI=1S/C10H9NO3/c12-11(13,14)10-7-3-5-8-4-1-2-6-9(8)10/h1-7,12-13H. The molecule has 0 radical (unpaired) electrons. The van der Waals surface area contributed by atoms with Gasteiger partial charge < -0.3 is 5.21 Å². The summed E-state index contributed by atoms with van der Waals surface area (Å²) in [5, 5.41) is 30.2. The van der Waals surface area contributed by atoms with Crippen LogP contribution in [0, 0.1) is 5.21 Å². The molecular formula is C10H9NO3. The summed E-state index contributed by atoms with van der Waals surface area (Å²) < 4.78 is 0. The van der Waals surface area contributed by atoms with Crippen LogP contribution in [0.2, 0.25) is 0 Å². The molecule has 2 aromatic rings. The van der Waals surface area contributed by atoms with Gasteiger partial charge in [-0.2, -0.15) is 10.4 Å². The average molecular weight is 191 g/mol. The molecule has 0 aliphatic heterocycles. The molecule has 14 heavy (non-hydrogen) atoms. The average Bonchev–Trinajstić information content (AvgIpc) is 2.15. The first kappa shape index (κ1) is 9.11. The van der Waals surface area contributed by atoms with E-state index in [1.54, 1.807) is 30.3 Å². The summed E-state index contributed by atoms with van der Waals surface area (Å²) in [5.41, 5.74) is -0.0805. The number of quaternary nitrogens is 1. The lowest BCUT2D eigenvalue weighted by Crippen LogP contribution is -2.34. The molecule has 0 heterocycles. The zero-order valence-corrected chi connectivity index (χ0v) is 7.29. The van der Waals surface area contributed by atoms with Crippen LogP contribution in [0.15, 0.2) is 42.5 Å². The van der Waals surface area contributed by atoms with Gasteiger partial charge in [-0.25, -0.2) is 0 Å². The molecule has 0 aliphatic carbocycles. The van der Waals surface area contributed by atoms with E-state index in [4.69, 9.17) is 10.4 Å². The number of nitrogens with zero attached hydrogens (tertiary/aromatic N) is 1. The maximum Gasteiger partial charge on any atom is 0.207 e. The van der Waals surface area contributed by atoms with Crippen LogP contribution in [0.3, 0.4) is 0 Å². The van der Waals surface area contributed by atoms with Gasteiger partial charge in [0.25, 0.3) is 0 Å². The number of fused-ring (bicyclic) bond motifs is 1. The molecule has 0 amide bonds. The number of rotatable bonds is 1. The van der Waals surface area contributed by atoms with E-state index >= 15 is 0 Å². The molecule has 0 saturated heterocycles. The maximum atomic E-state index is 11.0. The Labute approximate surface area is 80.3 Å². The monoisotopic (exact) mass is 191 g/mol. The molecular weight excluding hydrogens is 182 g/mol. The normalized spacial score (nSPS) is 11.9. The van der Waals surface area contributed by atoms with E-state index in [0.717, 1.165) is 5.39 Å². The topological polar surface area (TPSA) is 63.5 Å². The van der Waals surface area contributed by atoms with Gasteiger partial charge in [-0.3, -0.25) is 0 Å². The van der Waals surface area contributed by atoms with E-state index < -0.39 is 4.97 Å². The van der Waals surface area contributed by atoms with Gasteiger partial charge in [0.05, 0.1) is 0 Å². The minimum absolute atomic E-state index is 0.0805. The van der Waals surface area contributed by atoms with Gasteiger partial charge in [0.2, 0.25) is 5.69 Å². The van der Waals surface area contributed by atoms with E-state index in [1.807, 2.05) is 6.07 Å². The van der Waals surface area contributed by atoms with E-state index in [0.29, 0.717) is 5.39 Å². The molecule has 0 bridgehead atoms. The molecule has 4 heteroatoms. The Morgan fingerprint density at radius 2 is 1.57 bits per heavy atom. The van der Waals surface area contributed by atoms with Crippen LogP contribution in [0.1, 0.15) is 0 Å². The molecule has 0 atom stereocenters. The van der Waals surface area contributed by atoms with E-state index in [9.17, 15) is 5.21 Å². The fourth-order valence-corrected chi connectivity index (χ4v) is 1.46. The van der Waals surface area contributed by atoms with Crippen molar-refractivity contribution in [3.63, 3.8) is 0 Å². The number of hydrogen-bond acceptors (Lipinski definition) is 3. The fraction of sp³-hybridized carbons (Fsp3) is 0. The van der Waals surface area contributed by atoms with Crippen molar-refractivity contribution in [2.45, 2.75) is 0 Å². The fourth-order valence-electron chi connectivity index (χ4n) is 1.46. The number of hydrogen-bond donors (Lipinski definition) is 2. The van der Waals surface area contributed by atoms with Crippen LogP contribution in [-0.4, -0.2) is 10.4 Å². The zero-order valence-electron chi connectivity index (χ0n) is 7.29. The Morgan fingerprint density at radius 3 is 2.29 bits per heavy atom. The Balaban J connectivity index is 2.78. The lowest BCUT2D eigenvalue weighted by atomic mass is 10.1. The molecule has 2 rings (SSSR count). The van der Waals surface area contributed by atoms with Gasteiger partial charge in [-0.1, -0.05) is 30.3 Å². The highest BCUT2D eigenvalue weighted by molar-refractivity contribution is 5.92. The highest BCUT2D eigenvalue weighted by atomic mass is 17.1. The zero-order chi connectivity index (χ0) is 10.2. The SMILES string of the molecule is [O-][N+](O)(O)c1cccc2ccccc12. The Kier molecular flexibility index (Phi) is 1.98. The summed E-state index contributed by atoms with van der Waals surface area (Å²) in [6, 6.07) is 11.8. The lowest BCUT2D eigenvalue weighted by Gasteiger charge is -2.23. The first-order valence-electron chi connectivity index (χ1n) is 4.13. The third-order valence-electron chi connectivity index (χ3n) is 2.08. The van der Waals surface area contributed by atoms with E-state index in [2.05, 4.69) is 0 Å². The summed E-state index contributed by atoms with van der Waals surface area (Å²) in [7, 11) is 0. The van der Waals surface area contributed by atoms with Crippen molar-refractivity contribution in [3.05, 3.63) is 47.7 Å². The smallest absolute Gasteiger partial charge is 0.207 e. The third-order valence-corrected chi connectivity index (χ3v) is 2.08. The summed E-state index contributed by atoms with van der Waals surface area (Å²) in [6.07, 6.45) is 0. The predicted molar refractivity (Wildman–Crippen MR) is 52.7 cm³/mol. The van der Waals surface area contributed by atoms with Gasteiger partial charge in [-0.15, -0.1) is 0 Å². The summed E-state index contributed by atoms with van der Waals surface area (Å²) in [4.78, 5) is -2.39. The Morgan fingerprint density at radius 1 is 0.929 bits per heavy atom. The van der Waals surface area contributed by atoms with E-state index in [1.165, 1.54) is 6.07 Å². The Hall–Kier alpha value is -1.46. The van der Waals surface area contributed by atoms with Gasteiger partial charge in [0.15, 0.2) is 0 Å². The predicted octanol–water partition coefficient (Wildman–Crippen LogP) is 2.42. The molecule has 0 fully saturated rings. The van der Waals surface area contributed by atoms with Crippen molar-refractivity contribution in [2.24, 2.45) is 0 Å². The van der Waals surface area contributed by atoms with Crippen molar-refractivity contribution in [2.75, 3.05) is 0 Å².